The van der Waals surface area contributed by atoms with Gasteiger partial charge in [0.15, 0.2) is 0 Å². The van der Waals surface area contributed by atoms with Crippen LogP contribution in [0.3, 0.4) is 0 Å². The summed E-state index contributed by atoms with van der Waals surface area (Å²) in [4.78, 5) is 14.4. The van der Waals surface area contributed by atoms with Crippen molar-refractivity contribution < 1.29 is 9.90 Å². The number of aliphatic hydroxyl groups excluding tert-OH is 1. The lowest BCUT2D eigenvalue weighted by Crippen LogP contribution is -2.42. The number of hydrogen-bond donors (Lipinski definition) is 2. The van der Waals surface area contributed by atoms with Gasteiger partial charge in [0.1, 0.15) is 0 Å². The van der Waals surface area contributed by atoms with Crippen molar-refractivity contribution in [2.24, 2.45) is 0 Å². The van der Waals surface area contributed by atoms with Gasteiger partial charge in [-0.15, -0.1) is 0 Å². The Labute approximate surface area is 165 Å². The first-order valence-electron chi connectivity index (χ1n) is 9.96. The van der Waals surface area contributed by atoms with Crippen LogP contribution in [0.4, 0.5) is 0 Å². The number of nitrogens with one attached hydrogen (secondary N) is 1. The van der Waals surface area contributed by atoms with Gasteiger partial charge in [-0.3, -0.25) is 9.69 Å². The fourth-order valence-electron chi connectivity index (χ4n) is 3.89. The van der Waals surface area contributed by atoms with Crippen molar-refractivity contribution in [3.05, 3.63) is 72.1 Å². The Bertz CT molecular complexity index is 917. The van der Waals surface area contributed by atoms with Crippen molar-refractivity contribution in [1.82, 2.24) is 14.8 Å². The van der Waals surface area contributed by atoms with Crippen LogP contribution >= 0.6 is 0 Å². The van der Waals surface area contributed by atoms with Crippen LogP contribution in [-0.4, -0.2) is 46.2 Å². The fraction of sp³-hybridized carbons (Fsp3) is 0.348. The molecular weight excluding hydrogens is 350 g/mol. The van der Waals surface area contributed by atoms with Crippen LogP contribution in [0.5, 0.6) is 0 Å². The lowest BCUT2D eigenvalue weighted by molar-refractivity contribution is -0.121. The highest BCUT2D eigenvalue weighted by molar-refractivity contribution is 5.82. The Morgan fingerprint density at radius 3 is 2.46 bits per heavy atom. The van der Waals surface area contributed by atoms with Gasteiger partial charge in [0.05, 0.1) is 6.10 Å². The average molecular weight is 377 g/mol. The summed E-state index contributed by atoms with van der Waals surface area (Å²) in [6, 6.07) is 16.6. The molecule has 0 fully saturated rings. The quantitative estimate of drug-likeness (QED) is 0.665. The number of aliphatic hydroxyl groups is 1. The van der Waals surface area contributed by atoms with Gasteiger partial charge < -0.3 is 15.0 Å². The minimum Gasteiger partial charge on any atom is -0.390 e. The van der Waals surface area contributed by atoms with Crippen LogP contribution in [0.1, 0.15) is 17.5 Å². The topological polar surface area (TPSA) is 57.5 Å². The van der Waals surface area contributed by atoms with Crippen molar-refractivity contribution in [2.75, 3.05) is 19.6 Å². The number of carbonyl (C=O) groups is 1. The predicted molar refractivity (Wildman–Crippen MR) is 111 cm³/mol. The zero-order valence-corrected chi connectivity index (χ0v) is 16.1. The Morgan fingerprint density at radius 1 is 1.04 bits per heavy atom. The predicted octanol–water partition coefficient (Wildman–Crippen LogP) is 2.57. The smallest absolute Gasteiger partial charge is 0.221 e. The molecule has 28 heavy (non-hydrogen) atoms. The van der Waals surface area contributed by atoms with E-state index >= 15 is 0 Å². The molecule has 2 heterocycles. The lowest BCUT2D eigenvalue weighted by Gasteiger charge is -2.30. The number of aryl methyl sites for hydroxylation is 1. The Hall–Kier alpha value is -2.63. The molecule has 1 amide bonds. The van der Waals surface area contributed by atoms with Gasteiger partial charge in [0, 0.05) is 51.5 Å². The summed E-state index contributed by atoms with van der Waals surface area (Å²) in [5, 5.41) is 15.5. The second kappa shape index (κ2) is 8.59. The van der Waals surface area contributed by atoms with Crippen LogP contribution in [0.15, 0.2) is 60.9 Å². The van der Waals surface area contributed by atoms with Crippen LogP contribution in [0.25, 0.3) is 10.8 Å². The molecule has 0 saturated heterocycles. The number of aromatic nitrogens is 1. The number of β-amino-alcohol motifs (C(OH)–C–C–N with tert-alkyl or cyclic N) is 1. The van der Waals surface area contributed by atoms with Crippen molar-refractivity contribution in [2.45, 2.75) is 32.0 Å². The van der Waals surface area contributed by atoms with E-state index in [9.17, 15) is 9.90 Å². The second-order valence-corrected chi connectivity index (χ2v) is 7.59. The largest absolute Gasteiger partial charge is 0.390 e. The molecule has 1 aliphatic heterocycles. The summed E-state index contributed by atoms with van der Waals surface area (Å²) in [6.07, 6.45) is 4.99. The molecule has 5 nitrogen and oxygen atoms in total. The molecule has 2 N–H and O–H groups in total. The first-order valence-corrected chi connectivity index (χ1v) is 9.96. The zero-order valence-electron chi connectivity index (χ0n) is 16.1. The van der Waals surface area contributed by atoms with E-state index in [1.165, 1.54) is 21.9 Å². The highest BCUT2D eigenvalue weighted by atomic mass is 16.3. The molecule has 0 aliphatic carbocycles. The average Bonchev–Trinajstić information content (AvgIpc) is 3.14. The van der Waals surface area contributed by atoms with E-state index in [0.29, 0.717) is 26.1 Å². The van der Waals surface area contributed by atoms with Gasteiger partial charge in [-0.2, -0.15) is 0 Å². The van der Waals surface area contributed by atoms with E-state index in [-0.39, 0.29) is 5.91 Å². The third-order valence-electron chi connectivity index (χ3n) is 5.42. The van der Waals surface area contributed by atoms with Crippen molar-refractivity contribution in [3.63, 3.8) is 0 Å². The van der Waals surface area contributed by atoms with Crippen LogP contribution in [0, 0.1) is 0 Å². The second-order valence-electron chi connectivity index (χ2n) is 7.59. The molecule has 1 aliphatic rings. The van der Waals surface area contributed by atoms with E-state index in [2.05, 4.69) is 59.0 Å². The molecular formula is C23H27N3O2. The number of nitrogens with zero attached hydrogens (tertiary/aromatic N) is 2. The molecule has 3 aromatic rings. The summed E-state index contributed by atoms with van der Waals surface area (Å²) in [6.45, 7) is 3.33. The summed E-state index contributed by atoms with van der Waals surface area (Å²) in [5.41, 5.74) is 2.74. The lowest BCUT2D eigenvalue weighted by atomic mass is 10.00. The molecule has 0 spiro atoms. The Kier molecular flexibility index (Phi) is 5.74. The molecule has 146 valence electrons. The first kappa shape index (κ1) is 18.7. The SMILES string of the molecule is O=C(CCn1cc2ccccc2c1)NCC(O)CN1CCc2ccccc2C1. The van der Waals surface area contributed by atoms with Crippen LogP contribution < -0.4 is 5.32 Å². The third-order valence-corrected chi connectivity index (χ3v) is 5.42. The van der Waals surface area contributed by atoms with Crippen LogP contribution in [-0.2, 0) is 24.3 Å². The summed E-state index contributed by atoms with van der Waals surface area (Å²) in [5.74, 6) is -0.0270. The number of hydrogen-bond acceptors (Lipinski definition) is 3. The first-order chi connectivity index (χ1) is 13.7. The monoisotopic (exact) mass is 377 g/mol. The van der Waals surface area contributed by atoms with Crippen molar-refractivity contribution in [3.8, 4) is 0 Å². The zero-order chi connectivity index (χ0) is 19.3. The van der Waals surface area contributed by atoms with Gasteiger partial charge in [-0.1, -0.05) is 48.5 Å². The normalized spacial score (nSPS) is 15.3. The van der Waals surface area contributed by atoms with E-state index in [4.69, 9.17) is 0 Å². The van der Waals surface area contributed by atoms with E-state index in [1.807, 2.05) is 16.7 Å². The molecule has 1 unspecified atom stereocenters. The van der Waals surface area contributed by atoms with E-state index in [1.54, 1.807) is 0 Å². The minimum absolute atomic E-state index is 0.0270. The molecule has 2 aromatic carbocycles. The van der Waals surface area contributed by atoms with Crippen molar-refractivity contribution in [1.29, 1.82) is 0 Å². The van der Waals surface area contributed by atoms with E-state index < -0.39 is 6.10 Å². The van der Waals surface area contributed by atoms with Crippen molar-refractivity contribution >= 4 is 16.7 Å². The molecule has 1 atom stereocenters. The number of rotatable bonds is 7. The molecule has 5 heteroatoms. The third kappa shape index (κ3) is 4.61. The number of amides is 1. The molecule has 0 bridgehead atoms. The summed E-state index contributed by atoms with van der Waals surface area (Å²) in [7, 11) is 0. The summed E-state index contributed by atoms with van der Waals surface area (Å²) >= 11 is 0. The maximum atomic E-state index is 12.1. The van der Waals surface area contributed by atoms with Gasteiger partial charge in [-0.25, -0.2) is 0 Å². The fourth-order valence-corrected chi connectivity index (χ4v) is 3.89. The minimum atomic E-state index is -0.552. The number of fused-ring (bicyclic) bond motifs is 2. The maximum Gasteiger partial charge on any atom is 0.221 e. The highest BCUT2D eigenvalue weighted by Gasteiger charge is 2.18. The number of benzene rings is 2. The van der Waals surface area contributed by atoms with E-state index in [0.717, 1.165) is 19.5 Å². The Balaban J connectivity index is 1.19. The van der Waals surface area contributed by atoms with Gasteiger partial charge >= 0.3 is 0 Å². The van der Waals surface area contributed by atoms with Crippen LogP contribution in [0.2, 0.25) is 0 Å². The van der Waals surface area contributed by atoms with Gasteiger partial charge in [-0.05, 0) is 28.3 Å². The molecule has 1 aromatic heterocycles. The highest BCUT2D eigenvalue weighted by Crippen LogP contribution is 2.18. The Morgan fingerprint density at radius 2 is 1.71 bits per heavy atom. The standard InChI is InChI=1S/C23H27N3O2/c27-22(17-26-11-9-18-5-1-2-6-19(18)14-26)13-24-23(28)10-12-25-15-20-7-3-4-8-21(20)16-25/h1-8,15-16,22,27H,9-14,17H2,(H,24,28). The van der Waals surface area contributed by atoms with Gasteiger partial charge in [0.25, 0.3) is 0 Å². The number of carbonyl (C=O) groups excluding carboxylic acids is 1. The maximum absolute atomic E-state index is 12.1. The molecule has 0 saturated carbocycles. The molecule has 0 radical (unpaired) electrons. The van der Waals surface area contributed by atoms with Gasteiger partial charge in [0.2, 0.25) is 5.91 Å². The summed E-state index contributed by atoms with van der Waals surface area (Å²) < 4.78 is 2.05. The molecule has 4 rings (SSSR count).